The van der Waals surface area contributed by atoms with E-state index in [0.29, 0.717) is 11.4 Å². The molecule has 0 aromatic heterocycles. The van der Waals surface area contributed by atoms with Crippen molar-refractivity contribution in [1.29, 1.82) is 0 Å². The van der Waals surface area contributed by atoms with Gasteiger partial charge in [-0.3, -0.25) is 19.3 Å². The monoisotopic (exact) mass is 400 g/mol. The van der Waals surface area contributed by atoms with E-state index in [1.807, 2.05) is 0 Å². The largest absolute Gasteiger partial charge is 0.497 e. The van der Waals surface area contributed by atoms with E-state index >= 15 is 0 Å². The number of amides is 3. The lowest BCUT2D eigenvalue weighted by atomic mass is 9.81. The van der Waals surface area contributed by atoms with Gasteiger partial charge in [0, 0.05) is 5.69 Å². The number of ether oxygens (including phenoxy) is 2. The van der Waals surface area contributed by atoms with E-state index in [-0.39, 0.29) is 35.5 Å². The zero-order chi connectivity index (χ0) is 20.7. The van der Waals surface area contributed by atoms with Crippen molar-refractivity contribution in [2.75, 3.05) is 19.0 Å². The molecule has 1 N–H and O–H groups in total. The molecular weight excluding hydrogens is 376 g/mol. The number of hydrogen-bond donors (Lipinski definition) is 1. The zero-order valence-corrected chi connectivity index (χ0v) is 16.4. The van der Waals surface area contributed by atoms with Gasteiger partial charge in [0.2, 0.25) is 11.8 Å². The number of hydrogen-bond acceptors (Lipinski definition) is 6. The maximum atomic E-state index is 12.8. The van der Waals surface area contributed by atoms with Crippen molar-refractivity contribution >= 4 is 29.4 Å². The number of imide groups is 1. The van der Waals surface area contributed by atoms with Gasteiger partial charge in [-0.1, -0.05) is 0 Å². The molecule has 1 saturated heterocycles. The molecule has 8 heteroatoms. The van der Waals surface area contributed by atoms with E-state index in [9.17, 15) is 19.2 Å². The first-order valence-electron chi connectivity index (χ1n) is 9.88. The second-order valence-corrected chi connectivity index (χ2v) is 7.99. The van der Waals surface area contributed by atoms with Crippen LogP contribution in [0.2, 0.25) is 0 Å². The lowest BCUT2D eigenvalue weighted by Gasteiger charge is -2.23. The molecule has 3 aliphatic rings. The third-order valence-electron chi connectivity index (χ3n) is 6.41. The molecule has 29 heavy (non-hydrogen) atoms. The Hall–Kier alpha value is -2.90. The van der Waals surface area contributed by atoms with Crippen LogP contribution in [-0.4, -0.2) is 48.3 Å². The Balaban J connectivity index is 1.32. The predicted octanol–water partition coefficient (Wildman–Crippen LogP) is 1.60. The Morgan fingerprint density at radius 3 is 2.24 bits per heavy atom. The Labute approximate surface area is 168 Å². The number of nitrogens with one attached hydrogen (secondary N) is 1. The number of carbonyl (C=O) groups excluding carboxylic acids is 4. The summed E-state index contributed by atoms with van der Waals surface area (Å²) in [4.78, 5) is 51.0. The molecule has 4 rings (SSSR count). The summed E-state index contributed by atoms with van der Waals surface area (Å²) in [5.74, 6) is -1.20. The van der Waals surface area contributed by atoms with Crippen molar-refractivity contribution in [3.8, 4) is 5.75 Å². The summed E-state index contributed by atoms with van der Waals surface area (Å²) in [5.41, 5.74) is 0.535. The summed E-state index contributed by atoms with van der Waals surface area (Å²) < 4.78 is 10.1. The van der Waals surface area contributed by atoms with Crippen LogP contribution in [0.5, 0.6) is 5.75 Å². The number of likely N-dealkylation sites (tertiary alicyclic amines) is 1. The molecule has 1 aliphatic heterocycles. The van der Waals surface area contributed by atoms with Crippen molar-refractivity contribution in [3.63, 3.8) is 0 Å². The number of benzene rings is 1. The first-order chi connectivity index (χ1) is 13.9. The second kappa shape index (κ2) is 7.50. The molecule has 2 aliphatic carbocycles. The third kappa shape index (κ3) is 3.36. The Morgan fingerprint density at radius 2 is 1.69 bits per heavy atom. The Kier molecular flexibility index (Phi) is 5.02. The average Bonchev–Trinajstić information content (AvgIpc) is 3.40. The van der Waals surface area contributed by atoms with E-state index in [4.69, 9.17) is 9.47 Å². The average molecular weight is 400 g/mol. The second-order valence-electron chi connectivity index (χ2n) is 7.99. The quantitative estimate of drug-likeness (QED) is 0.575. The van der Waals surface area contributed by atoms with E-state index in [1.165, 1.54) is 6.92 Å². The van der Waals surface area contributed by atoms with Crippen LogP contribution in [0.3, 0.4) is 0 Å². The smallest absolute Gasteiger partial charge is 0.329 e. The van der Waals surface area contributed by atoms with Crippen LogP contribution in [0.25, 0.3) is 0 Å². The first-order valence-corrected chi connectivity index (χ1v) is 9.88. The van der Waals surface area contributed by atoms with Gasteiger partial charge in [0.05, 0.1) is 18.9 Å². The topological polar surface area (TPSA) is 102 Å². The lowest BCUT2D eigenvalue weighted by molar-refractivity contribution is -0.159. The van der Waals surface area contributed by atoms with Crippen LogP contribution < -0.4 is 10.1 Å². The molecule has 3 amide bonds. The highest BCUT2D eigenvalue weighted by Crippen LogP contribution is 2.56. The van der Waals surface area contributed by atoms with Crippen LogP contribution in [-0.2, 0) is 23.9 Å². The van der Waals surface area contributed by atoms with Gasteiger partial charge in [-0.2, -0.15) is 0 Å². The normalized spacial score (nSPS) is 28.3. The van der Waals surface area contributed by atoms with E-state index in [2.05, 4.69) is 5.32 Å². The van der Waals surface area contributed by atoms with Crippen molar-refractivity contribution in [1.82, 2.24) is 4.90 Å². The van der Waals surface area contributed by atoms with E-state index < -0.39 is 24.5 Å². The van der Waals surface area contributed by atoms with Gasteiger partial charge in [-0.25, -0.2) is 4.79 Å². The van der Waals surface area contributed by atoms with Crippen LogP contribution >= 0.6 is 0 Å². The van der Waals surface area contributed by atoms with Crippen LogP contribution in [0.1, 0.15) is 26.2 Å². The number of rotatable bonds is 6. The standard InChI is InChI=1S/C21H24N2O6/c1-11(23-19(25)17-12-3-4-13(9-12)18(17)20(23)26)21(27)29-10-16(24)22-14-5-7-15(28-2)8-6-14/h5-8,11-13,17-18H,3-4,9-10H2,1-2H3,(H,22,24)/t11-,12-,13+,17+,18+/m1/s1. The number of fused-ring (bicyclic) bond motifs is 5. The number of esters is 1. The summed E-state index contributed by atoms with van der Waals surface area (Å²) in [7, 11) is 1.54. The zero-order valence-electron chi connectivity index (χ0n) is 16.4. The fourth-order valence-electron chi connectivity index (χ4n) is 5.05. The van der Waals surface area contributed by atoms with Crippen LogP contribution in [0, 0.1) is 23.7 Å². The van der Waals surface area contributed by atoms with Crippen molar-refractivity contribution in [3.05, 3.63) is 24.3 Å². The molecule has 8 nitrogen and oxygen atoms in total. The maximum absolute atomic E-state index is 12.8. The molecule has 154 valence electrons. The summed E-state index contributed by atoms with van der Waals surface area (Å²) in [6, 6.07) is 5.68. The minimum absolute atomic E-state index is 0.255. The molecule has 0 radical (unpaired) electrons. The molecular formula is C21H24N2O6. The molecule has 0 spiro atoms. The van der Waals surface area contributed by atoms with Gasteiger partial charge >= 0.3 is 5.97 Å². The molecule has 1 heterocycles. The molecule has 2 saturated carbocycles. The molecule has 1 aromatic carbocycles. The number of carbonyl (C=O) groups is 4. The van der Waals surface area contributed by atoms with Crippen molar-refractivity contribution < 1.29 is 28.7 Å². The SMILES string of the molecule is COc1ccc(NC(=O)COC(=O)[C@@H](C)N2C(=O)[C@H]3[C@@H]4CC[C@@H](C4)[C@@H]3C2=O)cc1. The van der Waals surface area contributed by atoms with Crippen LogP contribution in [0.15, 0.2) is 24.3 Å². The minimum Gasteiger partial charge on any atom is -0.497 e. The van der Waals surface area contributed by atoms with E-state index in [0.717, 1.165) is 24.2 Å². The minimum atomic E-state index is -1.03. The highest BCUT2D eigenvalue weighted by atomic mass is 16.5. The molecule has 2 bridgehead atoms. The van der Waals surface area contributed by atoms with Gasteiger partial charge in [-0.05, 0) is 62.3 Å². The predicted molar refractivity (Wildman–Crippen MR) is 102 cm³/mol. The fraction of sp³-hybridized carbons (Fsp3) is 0.524. The third-order valence-corrected chi connectivity index (χ3v) is 6.41. The summed E-state index contributed by atoms with van der Waals surface area (Å²) in [6.07, 6.45) is 2.89. The van der Waals surface area contributed by atoms with Gasteiger partial charge in [0.25, 0.3) is 5.91 Å². The van der Waals surface area contributed by atoms with E-state index in [1.54, 1.807) is 31.4 Å². The Morgan fingerprint density at radius 1 is 1.10 bits per heavy atom. The van der Waals surface area contributed by atoms with Gasteiger partial charge < -0.3 is 14.8 Å². The highest BCUT2D eigenvalue weighted by molar-refractivity contribution is 6.08. The number of anilines is 1. The molecule has 5 atom stereocenters. The maximum Gasteiger partial charge on any atom is 0.329 e. The molecule has 1 aromatic rings. The highest BCUT2D eigenvalue weighted by Gasteiger charge is 2.62. The summed E-state index contributed by atoms with van der Waals surface area (Å²) in [5, 5.41) is 2.61. The molecule has 0 unspecified atom stereocenters. The van der Waals surface area contributed by atoms with Crippen molar-refractivity contribution in [2.45, 2.75) is 32.2 Å². The van der Waals surface area contributed by atoms with Gasteiger partial charge in [0.1, 0.15) is 11.8 Å². The Bertz CT molecular complexity index is 823. The lowest BCUT2D eigenvalue weighted by Crippen LogP contribution is -2.45. The first kappa shape index (κ1) is 19.4. The van der Waals surface area contributed by atoms with Gasteiger partial charge in [-0.15, -0.1) is 0 Å². The summed E-state index contributed by atoms with van der Waals surface area (Å²) in [6.45, 7) is 0.978. The summed E-state index contributed by atoms with van der Waals surface area (Å²) >= 11 is 0. The van der Waals surface area contributed by atoms with Gasteiger partial charge in [0.15, 0.2) is 6.61 Å². The number of methoxy groups -OCH3 is 1. The molecule has 3 fully saturated rings. The van der Waals surface area contributed by atoms with Crippen molar-refractivity contribution in [2.24, 2.45) is 23.7 Å². The van der Waals surface area contributed by atoms with Crippen LogP contribution in [0.4, 0.5) is 5.69 Å². The number of nitrogens with zero attached hydrogens (tertiary/aromatic N) is 1. The fourth-order valence-corrected chi connectivity index (χ4v) is 5.05.